The lowest BCUT2D eigenvalue weighted by atomic mass is 9.83. The van der Waals surface area contributed by atoms with Gasteiger partial charge in [-0.3, -0.25) is 18.6 Å². The number of hydrogen-bond acceptors (Lipinski definition) is 15. The monoisotopic (exact) mass is 957 g/mol. The fraction of sp³-hybridized carbons (Fsp3) is 0.714. The second-order valence-electron chi connectivity index (χ2n) is 17.2. The van der Waals surface area contributed by atoms with Crippen molar-refractivity contribution in [3.8, 4) is 0 Å². The van der Waals surface area contributed by atoms with Gasteiger partial charge >= 0.3 is 19.8 Å². The van der Waals surface area contributed by atoms with E-state index in [9.17, 15) is 59.9 Å². The van der Waals surface area contributed by atoms with Crippen molar-refractivity contribution in [1.82, 2.24) is 0 Å². The van der Waals surface area contributed by atoms with Gasteiger partial charge in [0.25, 0.3) is 0 Å². The van der Waals surface area contributed by atoms with Crippen molar-refractivity contribution in [3.63, 3.8) is 0 Å². The SMILES string of the molecule is CC/C=C\C/C=C\C/C=C\C/C=C\CCCCCCCCC(=O)O[C@@H]1COC(=O)C/C=C\C[C@H]2[C@@H](O)[C@H](O)[C@@H](O)[C@H](OP(=O)(O)OC1)[C@H](O)[C@H](O)[C@@H](/C=C/[C@H](O)CCCCC)[C@H](O)C[C@@H]2O. The van der Waals surface area contributed by atoms with Gasteiger partial charge in [0, 0.05) is 24.7 Å². The van der Waals surface area contributed by atoms with E-state index in [1.165, 1.54) is 24.3 Å². The number of aliphatic hydroxyl groups excluding tert-OH is 8. The molecule has 0 aromatic heterocycles. The molecule has 0 amide bonds. The third-order valence-electron chi connectivity index (χ3n) is 11.6. The molecule has 17 heteroatoms. The maximum Gasteiger partial charge on any atom is 0.472 e. The van der Waals surface area contributed by atoms with Crippen molar-refractivity contribution in [3.05, 3.63) is 72.9 Å². The number of hydrogen-bond donors (Lipinski definition) is 9. The summed E-state index contributed by atoms with van der Waals surface area (Å²) in [6.45, 7) is 2.65. The molecule has 1 aliphatic carbocycles. The average molecular weight is 957 g/mol. The molecular formula is C49H81O16P. The number of phosphoric acid groups is 1. The maximum atomic E-state index is 13.5. The number of unbranched alkanes of at least 4 members (excludes halogenated alkanes) is 8. The second-order valence-corrected chi connectivity index (χ2v) is 18.6. The van der Waals surface area contributed by atoms with Crippen molar-refractivity contribution in [2.24, 2.45) is 11.8 Å². The molecule has 1 unspecified atom stereocenters. The van der Waals surface area contributed by atoms with Crippen LogP contribution >= 0.6 is 7.82 Å². The van der Waals surface area contributed by atoms with E-state index in [4.69, 9.17) is 18.5 Å². The summed E-state index contributed by atoms with van der Waals surface area (Å²) in [6, 6.07) is 0. The fourth-order valence-electron chi connectivity index (χ4n) is 7.66. The molecule has 2 bridgehead atoms. The van der Waals surface area contributed by atoms with Gasteiger partial charge < -0.3 is 55.2 Å². The molecule has 2 aliphatic rings. The average Bonchev–Trinajstić information content (AvgIpc) is 3.28. The van der Waals surface area contributed by atoms with Crippen LogP contribution in [0.25, 0.3) is 0 Å². The minimum atomic E-state index is -5.44. The first kappa shape index (κ1) is 59.3. The first-order chi connectivity index (χ1) is 31.6. The van der Waals surface area contributed by atoms with Crippen LogP contribution in [-0.2, 0) is 32.7 Å². The van der Waals surface area contributed by atoms with Crippen LogP contribution in [-0.4, -0.2) is 132 Å². The molecule has 9 N–H and O–H groups in total. The summed E-state index contributed by atoms with van der Waals surface area (Å²) >= 11 is 0. The number of rotatable bonds is 23. The zero-order chi connectivity index (χ0) is 48.7. The quantitative estimate of drug-likeness (QED) is 0.0250. The number of allylic oxidation sites excluding steroid dienone is 9. The molecule has 0 saturated heterocycles. The highest BCUT2D eigenvalue weighted by Crippen LogP contribution is 2.47. The van der Waals surface area contributed by atoms with Crippen LogP contribution in [0, 0.1) is 11.8 Å². The topological polar surface area (TPSA) is 270 Å². The Bertz CT molecular complexity index is 1560. The Labute approximate surface area is 392 Å². The van der Waals surface area contributed by atoms with E-state index in [0.29, 0.717) is 19.3 Å². The predicted octanol–water partition coefficient (Wildman–Crippen LogP) is 5.88. The highest BCUT2D eigenvalue weighted by atomic mass is 31.2. The summed E-state index contributed by atoms with van der Waals surface area (Å²) in [5.74, 6) is -4.30. The number of carbonyl (C=O) groups is 2. The van der Waals surface area contributed by atoms with Gasteiger partial charge in [-0.05, 0) is 57.8 Å². The normalized spacial score (nSPS) is 32.3. The fourth-order valence-corrected chi connectivity index (χ4v) is 8.64. The molecule has 0 aromatic rings. The molecule has 378 valence electrons. The Morgan fingerprint density at radius 1 is 0.758 bits per heavy atom. The van der Waals surface area contributed by atoms with Gasteiger partial charge in [0.15, 0.2) is 6.10 Å². The number of cyclic esters (lactones) is 1. The molecule has 66 heavy (non-hydrogen) atoms. The van der Waals surface area contributed by atoms with E-state index in [-0.39, 0.29) is 19.3 Å². The Morgan fingerprint density at radius 2 is 1.38 bits per heavy atom. The van der Waals surface area contributed by atoms with Gasteiger partial charge in [-0.25, -0.2) is 4.57 Å². The highest BCUT2D eigenvalue weighted by Gasteiger charge is 2.49. The van der Waals surface area contributed by atoms with E-state index < -0.39 is 112 Å². The van der Waals surface area contributed by atoms with E-state index in [1.807, 2.05) is 6.92 Å². The summed E-state index contributed by atoms with van der Waals surface area (Å²) in [5.41, 5.74) is 0. The van der Waals surface area contributed by atoms with Crippen LogP contribution in [0.15, 0.2) is 72.9 Å². The molecule has 0 aromatic carbocycles. The number of fused-ring (bicyclic) bond motifs is 4. The summed E-state index contributed by atoms with van der Waals surface area (Å²) in [5, 5.41) is 89.7. The minimum Gasteiger partial charge on any atom is -0.461 e. The number of aliphatic hydroxyl groups is 8. The third-order valence-corrected chi connectivity index (χ3v) is 12.6. The first-order valence-corrected chi connectivity index (χ1v) is 25.5. The molecule has 16 nitrogen and oxygen atoms in total. The highest BCUT2D eigenvalue weighted by molar-refractivity contribution is 7.47. The Hall–Kier alpha value is -2.83. The summed E-state index contributed by atoms with van der Waals surface area (Å²) in [6.07, 6.45) is 15.1. The zero-order valence-electron chi connectivity index (χ0n) is 39.0. The molecular weight excluding hydrogens is 875 g/mol. The van der Waals surface area contributed by atoms with Crippen LogP contribution in [0.3, 0.4) is 0 Å². The Balaban J connectivity index is 2.08. The molecule has 1 aliphatic heterocycles. The number of carbonyl (C=O) groups excluding carboxylic acids is 2. The largest absolute Gasteiger partial charge is 0.472 e. The van der Waals surface area contributed by atoms with Crippen molar-refractivity contribution in [2.45, 2.75) is 197 Å². The van der Waals surface area contributed by atoms with Gasteiger partial charge in [0.2, 0.25) is 0 Å². The first-order valence-electron chi connectivity index (χ1n) is 24.0. The lowest BCUT2D eigenvalue weighted by Crippen LogP contribution is -2.55. The summed E-state index contributed by atoms with van der Waals surface area (Å²) in [7, 11) is -5.44. The second kappa shape index (κ2) is 34.5. The van der Waals surface area contributed by atoms with Crippen LogP contribution in [0.4, 0.5) is 0 Å². The predicted molar refractivity (Wildman–Crippen MR) is 250 cm³/mol. The van der Waals surface area contributed by atoms with Gasteiger partial charge in [-0.2, -0.15) is 0 Å². The molecule has 0 radical (unpaired) electrons. The number of esters is 2. The van der Waals surface area contributed by atoms with E-state index in [1.54, 1.807) is 0 Å². The lowest BCUT2D eigenvalue weighted by Gasteiger charge is -2.37. The summed E-state index contributed by atoms with van der Waals surface area (Å²) < 4.78 is 34.5. The minimum absolute atomic E-state index is 0.00519. The van der Waals surface area contributed by atoms with Gasteiger partial charge in [-0.1, -0.05) is 132 Å². The van der Waals surface area contributed by atoms with Gasteiger partial charge in [-0.15, -0.1) is 0 Å². The van der Waals surface area contributed by atoms with E-state index in [2.05, 4.69) is 55.5 Å². The zero-order valence-corrected chi connectivity index (χ0v) is 39.9. The number of phosphoric ester groups is 1. The standard InChI is InChI=1S/C49H81O16P/c1-3-5-7-8-9-10-11-12-13-14-15-16-17-18-19-20-21-22-24-30-43(54)64-37-34-62-42(53)29-26-25-28-38-40(51)33-41(52)39(32-31-36(50)27-23-6-4-2)45(56)47(58)49(48(59)46(57)44(38)55)65-66(60,61)63-35-37/h5,7,9-10,12-13,15-16,25-26,31-32,36-41,44-52,55-59H,3-4,6,8,11,14,17-24,27-30,33-35H2,1-2H3,(H,60,61)/b7-5-,10-9-,13-12-,16-15-,26-25-,32-31+/t36-,37-,38-,39+,40+,41-,44-,45-,46+,47-,48-,49-/m1/s1. The van der Waals surface area contributed by atoms with Crippen LogP contribution in [0.1, 0.15) is 136 Å². The van der Waals surface area contributed by atoms with Crippen molar-refractivity contribution in [1.29, 1.82) is 0 Å². The molecule has 1 saturated carbocycles. The van der Waals surface area contributed by atoms with Crippen molar-refractivity contribution in [2.75, 3.05) is 13.2 Å². The number of ether oxygens (including phenoxy) is 2. The molecule has 1 heterocycles. The van der Waals surface area contributed by atoms with Gasteiger partial charge in [0.05, 0.1) is 43.5 Å². The summed E-state index contributed by atoms with van der Waals surface area (Å²) in [4.78, 5) is 36.4. The Morgan fingerprint density at radius 3 is 2.05 bits per heavy atom. The van der Waals surface area contributed by atoms with Gasteiger partial charge in [0.1, 0.15) is 31.0 Å². The molecule has 0 spiro atoms. The molecule has 1 fully saturated rings. The van der Waals surface area contributed by atoms with E-state index in [0.717, 1.165) is 77.0 Å². The van der Waals surface area contributed by atoms with Crippen LogP contribution in [0.2, 0.25) is 0 Å². The Kier molecular flexibility index (Phi) is 31.0. The maximum absolute atomic E-state index is 13.5. The molecule has 13 atom stereocenters. The third kappa shape index (κ3) is 24.5. The van der Waals surface area contributed by atoms with E-state index >= 15 is 0 Å². The van der Waals surface area contributed by atoms with Crippen LogP contribution in [0.5, 0.6) is 0 Å². The van der Waals surface area contributed by atoms with Crippen molar-refractivity contribution < 1.29 is 78.4 Å². The molecule has 2 rings (SSSR count). The van der Waals surface area contributed by atoms with Crippen LogP contribution < -0.4 is 0 Å². The van der Waals surface area contributed by atoms with Crippen molar-refractivity contribution >= 4 is 19.8 Å². The smallest absolute Gasteiger partial charge is 0.461 e. The lowest BCUT2D eigenvalue weighted by molar-refractivity contribution is -0.167.